The van der Waals surface area contributed by atoms with Crippen molar-refractivity contribution in [1.29, 1.82) is 0 Å². The average Bonchev–Trinajstić information content (AvgIpc) is 2.79. The fraction of sp³-hybridized carbons (Fsp3) is 0.250. The summed E-state index contributed by atoms with van der Waals surface area (Å²) in [6.07, 6.45) is 1.22. The van der Waals surface area contributed by atoms with Gasteiger partial charge in [0.15, 0.2) is 0 Å². The Kier molecular flexibility index (Phi) is 3.48. The molecule has 0 radical (unpaired) electrons. The Bertz CT molecular complexity index is 661. The summed E-state index contributed by atoms with van der Waals surface area (Å²) in [6.45, 7) is 4.03. The van der Waals surface area contributed by atoms with E-state index in [1.165, 1.54) is 10.5 Å². The number of anilines is 2. The zero-order valence-electron chi connectivity index (χ0n) is 10.8. The third kappa shape index (κ3) is 2.41. The van der Waals surface area contributed by atoms with E-state index in [0.717, 1.165) is 5.56 Å². The number of H-pyrrole nitrogens is 1. The van der Waals surface area contributed by atoms with Crippen molar-refractivity contribution in [3.05, 3.63) is 36.0 Å². The van der Waals surface area contributed by atoms with Crippen LogP contribution in [0.3, 0.4) is 0 Å². The first-order valence-corrected chi connectivity index (χ1v) is 7.29. The number of aromatic amines is 1. The van der Waals surface area contributed by atoms with Crippen LogP contribution in [0.25, 0.3) is 0 Å². The molecule has 0 spiro atoms. The lowest BCUT2D eigenvalue weighted by Gasteiger charge is -2.22. The molecule has 1 aromatic heterocycles. The summed E-state index contributed by atoms with van der Waals surface area (Å²) in [4.78, 5) is -0.00470. The van der Waals surface area contributed by atoms with Crippen molar-refractivity contribution < 1.29 is 8.42 Å². The number of sulfonamides is 1. The molecule has 2 rings (SSSR count). The van der Waals surface area contributed by atoms with E-state index >= 15 is 0 Å². The van der Waals surface area contributed by atoms with E-state index < -0.39 is 10.0 Å². The van der Waals surface area contributed by atoms with E-state index in [1.807, 2.05) is 19.1 Å². The van der Waals surface area contributed by atoms with Crippen molar-refractivity contribution in [3.63, 3.8) is 0 Å². The van der Waals surface area contributed by atoms with Crippen molar-refractivity contribution in [2.45, 2.75) is 18.7 Å². The van der Waals surface area contributed by atoms with Crippen LogP contribution in [0.5, 0.6) is 0 Å². The molecule has 1 heterocycles. The monoisotopic (exact) mass is 280 g/mol. The smallest absolute Gasteiger partial charge is 0.269 e. The molecule has 0 saturated heterocycles. The van der Waals surface area contributed by atoms with Crippen LogP contribution < -0.4 is 10.0 Å². The minimum Gasteiger partial charge on any atom is -0.383 e. The maximum absolute atomic E-state index is 12.5. The molecule has 0 aliphatic carbocycles. The Labute approximate surface area is 112 Å². The molecule has 0 saturated carbocycles. The number of nitrogen functional groups attached to an aromatic ring is 1. The lowest BCUT2D eigenvalue weighted by atomic mass is 10.2. The van der Waals surface area contributed by atoms with Gasteiger partial charge in [0, 0.05) is 6.54 Å². The summed E-state index contributed by atoms with van der Waals surface area (Å²) < 4.78 is 26.3. The van der Waals surface area contributed by atoms with Crippen LogP contribution in [0.15, 0.2) is 35.4 Å². The van der Waals surface area contributed by atoms with Crippen molar-refractivity contribution in [3.8, 4) is 0 Å². The fourth-order valence-electron chi connectivity index (χ4n) is 1.81. The highest BCUT2D eigenvalue weighted by Crippen LogP contribution is 2.25. The number of nitrogens with zero attached hydrogens (tertiary/aromatic N) is 2. The number of benzene rings is 1. The summed E-state index contributed by atoms with van der Waals surface area (Å²) in [5.41, 5.74) is 7.27. The van der Waals surface area contributed by atoms with E-state index in [9.17, 15) is 8.42 Å². The van der Waals surface area contributed by atoms with Crippen molar-refractivity contribution >= 4 is 21.5 Å². The molecule has 0 unspecified atom stereocenters. The highest BCUT2D eigenvalue weighted by atomic mass is 32.2. The fourth-order valence-corrected chi connectivity index (χ4v) is 3.30. The van der Waals surface area contributed by atoms with E-state index in [1.54, 1.807) is 19.1 Å². The van der Waals surface area contributed by atoms with Gasteiger partial charge in [-0.1, -0.05) is 17.7 Å². The van der Waals surface area contributed by atoms with Crippen LogP contribution in [0.2, 0.25) is 0 Å². The predicted molar refractivity (Wildman–Crippen MR) is 74.4 cm³/mol. The molecule has 0 fully saturated rings. The third-order valence-electron chi connectivity index (χ3n) is 2.81. The van der Waals surface area contributed by atoms with Gasteiger partial charge in [-0.3, -0.25) is 9.40 Å². The quantitative estimate of drug-likeness (QED) is 0.888. The number of nitrogens with two attached hydrogens (primary N) is 1. The Morgan fingerprint density at radius 1 is 1.32 bits per heavy atom. The molecule has 0 bridgehead atoms. The maximum atomic E-state index is 12.5. The summed E-state index contributed by atoms with van der Waals surface area (Å²) >= 11 is 0. The molecule has 3 N–H and O–H groups in total. The summed E-state index contributed by atoms with van der Waals surface area (Å²) in [5.74, 6) is 0.0468. The molecular weight excluding hydrogens is 264 g/mol. The second kappa shape index (κ2) is 4.93. The van der Waals surface area contributed by atoms with Gasteiger partial charge in [-0.05, 0) is 26.0 Å². The molecule has 1 aromatic carbocycles. The molecule has 6 nitrogen and oxygen atoms in total. The minimum absolute atomic E-state index is 0.00470. The first-order valence-electron chi connectivity index (χ1n) is 5.85. The van der Waals surface area contributed by atoms with Gasteiger partial charge in [0.05, 0.1) is 11.9 Å². The SMILES string of the molecule is CCN(c1ccc(C)cc1)S(=O)(=O)c1cn[nH]c1N. The number of nitrogens with one attached hydrogen (secondary N) is 1. The standard InChI is InChI=1S/C12H16N4O2S/c1-3-16(10-6-4-9(2)5-7-10)19(17,18)11-8-14-15-12(11)13/h4-8H,3H2,1-2H3,(H3,13,14,15). The van der Waals surface area contributed by atoms with E-state index in [-0.39, 0.29) is 10.7 Å². The van der Waals surface area contributed by atoms with Gasteiger partial charge in [0.2, 0.25) is 0 Å². The van der Waals surface area contributed by atoms with Gasteiger partial charge in [-0.2, -0.15) is 5.10 Å². The van der Waals surface area contributed by atoms with Gasteiger partial charge in [0.25, 0.3) is 10.0 Å². The Hall–Kier alpha value is -2.02. The molecule has 0 aliphatic heterocycles. The van der Waals surface area contributed by atoms with Crippen LogP contribution in [0.1, 0.15) is 12.5 Å². The summed E-state index contributed by atoms with van der Waals surface area (Å²) in [5, 5.41) is 6.09. The van der Waals surface area contributed by atoms with E-state index in [0.29, 0.717) is 12.2 Å². The molecule has 102 valence electrons. The Balaban J connectivity index is 2.48. The highest BCUT2D eigenvalue weighted by molar-refractivity contribution is 7.93. The van der Waals surface area contributed by atoms with Gasteiger partial charge in [0.1, 0.15) is 10.7 Å². The highest BCUT2D eigenvalue weighted by Gasteiger charge is 2.27. The lowest BCUT2D eigenvalue weighted by molar-refractivity contribution is 0.592. The van der Waals surface area contributed by atoms with Gasteiger partial charge in [-0.15, -0.1) is 0 Å². The number of hydrogen-bond donors (Lipinski definition) is 2. The maximum Gasteiger partial charge on any atom is 0.269 e. The van der Waals surface area contributed by atoms with Crippen LogP contribution >= 0.6 is 0 Å². The summed E-state index contributed by atoms with van der Waals surface area (Å²) in [6, 6.07) is 7.28. The molecule has 2 aromatic rings. The molecule has 0 aliphatic rings. The number of aromatic nitrogens is 2. The number of rotatable bonds is 4. The third-order valence-corrected chi connectivity index (χ3v) is 4.74. The van der Waals surface area contributed by atoms with E-state index in [4.69, 9.17) is 5.73 Å². The average molecular weight is 280 g/mol. The first-order chi connectivity index (χ1) is 8.96. The second-order valence-electron chi connectivity index (χ2n) is 4.15. The van der Waals surface area contributed by atoms with Crippen LogP contribution in [0.4, 0.5) is 11.5 Å². The van der Waals surface area contributed by atoms with Gasteiger partial charge in [-0.25, -0.2) is 8.42 Å². The largest absolute Gasteiger partial charge is 0.383 e. The molecule has 0 atom stereocenters. The normalized spacial score (nSPS) is 11.5. The number of aryl methyl sites for hydroxylation is 1. The van der Waals surface area contributed by atoms with Crippen molar-refractivity contribution in [2.24, 2.45) is 0 Å². The van der Waals surface area contributed by atoms with Gasteiger partial charge >= 0.3 is 0 Å². The Morgan fingerprint density at radius 3 is 2.42 bits per heavy atom. The van der Waals surface area contributed by atoms with Crippen molar-refractivity contribution in [1.82, 2.24) is 10.2 Å². The molecule has 19 heavy (non-hydrogen) atoms. The Morgan fingerprint density at radius 2 is 1.95 bits per heavy atom. The van der Waals surface area contributed by atoms with Crippen LogP contribution in [-0.2, 0) is 10.0 Å². The molecule has 7 heteroatoms. The zero-order chi connectivity index (χ0) is 14.0. The summed E-state index contributed by atoms with van der Waals surface area (Å²) in [7, 11) is -3.69. The topological polar surface area (TPSA) is 92.1 Å². The van der Waals surface area contributed by atoms with Crippen LogP contribution in [-0.4, -0.2) is 25.2 Å². The second-order valence-corrected chi connectivity index (χ2v) is 5.98. The predicted octanol–water partition coefficient (Wildman–Crippen LogP) is 1.52. The molecule has 0 amide bonds. The minimum atomic E-state index is -3.69. The number of hydrogen-bond acceptors (Lipinski definition) is 4. The lowest BCUT2D eigenvalue weighted by Crippen LogP contribution is -2.31. The van der Waals surface area contributed by atoms with Gasteiger partial charge < -0.3 is 5.73 Å². The zero-order valence-corrected chi connectivity index (χ0v) is 11.6. The van der Waals surface area contributed by atoms with E-state index in [2.05, 4.69) is 10.2 Å². The van der Waals surface area contributed by atoms with Crippen LogP contribution in [0, 0.1) is 6.92 Å². The van der Waals surface area contributed by atoms with Crippen molar-refractivity contribution in [2.75, 3.05) is 16.6 Å². The molecular formula is C12H16N4O2S. The first kappa shape index (κ1) is 13.4.